The number of amidine groups is 1. The molecule has 1 rings (SSSR count). The molecule has 0 radical (unpaired) electrons. The summed E-state index contributed by atoms with van der Waals surface area (Å²) < 4.78 is 0. The third kappa shape index (κ3) is 1.31. The first kappa shape index (κ1) is 7.58. The van der Waals surface area contributed by atoms with Gasteiger partial charge < -0.3 is 5.73 Å². The van der Waals surface area contributed by atoms with E-state index in [9.17, 15) is 0 Å². The quantitative estimate of drug-likeness (QED) is 0.621. The molecule has 0 saturated heterocycles. The molecule has 2 nitrogen and oxygen atoms in total. The van der Waals surface area contributed by atoms with Gasteiger partial charge in [0.2, 0.25) is 0 Å². The van der Waals surface area contributed by atoms with Crippen LogP contribution in [0.2, 0.25) is 0 Å². The third-order valence-electron chi connectivity index (χ3n) is 2.27. The molecular weight excluding hydrogens is 124 g/mol. The van der Waals surface area contributed by atoms with Crippen LogP contribution in [-0.2, 0) is 0 Å². The summed E-state index contributed by atoms with van der Waals surface area (Å²) in [7, 11) is 0. The van der Waals surface area contributed by atoms with E-state index in [4.69, 9.17) is 5.73 Å². The topological polar surface area (TPSA) is 38.4 Å². The van der Waals surface area contributed by atoms with Crippen molar-refractivity contribution in [2.24, 2.45) is 16.6 Å². The van der Waals surface area contributed by atoms with Gasteiger partial charge in [0.25, 0.3) is 0 Å². The molecule has 0 aromatic rings. The summed E-state index contributed by atoms with van der Waals surface area (Å²) in [4.78, 5) is 4.35. The smallest absolute Gasteiger partial charge is 0.0972 e. The number of hydrogen-bond acceptors (Lipinski definition) is 2. The Morgan fingerprint density at radius 1 is 1.50 bits per heavy atom. The second kappa shape index (κ2) is 3.04. The molecule has 0 amide bonds. The number of nitrogens with two attached hydrogens (primary N) is 1. The van der Waals surface area contributed by atoms with Crippen LogP contribution < -0.4 is 5.73 Å². The van der Waals surface area contributed by atoms with Crippen molar-refractivity contribution in [1.29, 1.82) is 0 Å². The van der Waals surface area contributed by atoms with Gasteiger partial charge in [-0.1, -0.05) is 13.8 Å². The molecule has 1 aliphatic heterocycles. The van der Waals surface area contributed by atoms with Crippen molar-refractivity contribution in [3.05, 3.63) is 0 Å². The molecular formula is C8H16N2. The molecule has 2 atom stereocenters. The minimum absolute atomic E-state index is 0.518. The highest BCUT2D eigenvalue weighted by molar-refractivity contribution is 5.84. The average molecular weight is 140 g/mol. The van der Waals surface area contributed by atoms with Crippen LogP contribution >= 0.6 is 0 Å². The van der Waals surface area contributed by atoms with Gasteiger partial charge in [-0.2, -0.15) is 0 Å². The van der Waals surface area contributed by atoms with E-state index in [2.05, 4.69) is 18.8 Å². The second-order valence-corrected chi connectivity index (χ2v) is 2.96. The van der Waals surface area contributed by atoms with Crippen molar-refractivity contribution in [3.63, 3.8) is 0 Å². The van der Waals surface area contributed by atoms with Crippen molar-refractivity contribution < 1.29 is 0 Å². The Balaban J connectivity index is 2.50. The number of hydrogen-bond donors (Lipinski definition) is 1. The number of rotatable bonds is 2. The van der Waals surface area contributed by atoms with Crippen LogP contribution in [0.1, 0.15) is 33.1 Å². The van der Waals surface area contributed by atoms with Crippen LogP contribution in [-0.4, -0.2) is 11.9 Å². The summed E-state index contributed by atoms with van der Waals surface area (Å²) in [5.74, 6) is 1.46. The van der Waals surface area contributed by atoms with Gasteiger partial charge in [-0.3, -0.25) is 4.99 Å². The van der Waals surface area contributed by atoms with E-state index in [1.807, 2.05) is 0 Å². The lowest BCUT2D eigenvalue weighted by atomic mass is 10.00. The summed E-state index contributed by atoms with van der Waals surface area (Å²) in [6.45, 7) is 4.34. The molecule has 0 aromatic heterocycles. The molecule has 2 unspecified atom stereocenters. The molecule has 10 heavy (non-hydrogen) atoms. The van der Waals surface area contributed by atoms with E-state index in [0.29, 0.717) is 12.0 Å². The molecule has 0 aromatic carbocycles. The highest BCUT2D eigenvalue weighted by Gasteiger charge is 2.22. The Morgan fingerprint density at radius 2 is 2.20 bits per heavy atom. The maximum absolute atomic E-state index is 5.71. The van der Waals surface area contributed by atoms with Crippen LogP contribution in [0.15, 0.2) is 4.99 Å². The fraction of sp³-hybridized carbons (Fsp3) is 0.875. The third-order valence-corrected chi connectivity index (χ3v) is 2.27. The van der Waals surface area contributed by atoms with E-state index < -0.39 is 0 Å². The first-order valence-corrected chi connectivity index (χ1v) is 4.11. The van der Waals surface area contributed by atoms with Crippen molar-refractivity contribution in [1.82, 2.24) is 0 Å². The Morgan fingerprint density at radius 3 is 2.50 bits per heavy atom. The lowest BCUT2D eigenvalue weighted by Crippen LogP contribution is -2.18. The summed E-state index contributed by atoms with van der Waals surface area (Å²) in [5.41, 5.74) is 5.71. The van der Waals surface area contributed by atoms with Gasteiger partial charge in [-0.25, -0.2) is 0 Å². The van der Waals surface area contributed by atoms with Crippen LogP contribution in [0.4, 0.5) is 0 Å². The summed E-state index contributed by atoms with van der Waals surface area (Å²) in [6.07, 6.45) is 3.46. The largest absolute Gasteiger partial charge is 0.387 e. The Bertz CT molecular complexity index is 140. The molecule has 0 bridgehead atoms. The highest BCUT2D eigenvalue weighted by Crippen LogP contribution is 2.22. The lowest BCUT2D eigenvalue weighted by molar-refractivity contribution is 0.548. The van der Waals surface area contributed by atoms with Crippen LogP contribution in [0.3, 0.4) is 0 Å². The first-order chi connectivity index (χ1) is 4.77. The molecule has 1 aliphatic rings. The summed E-state index contributed by atoms with van der Waals surface area (Å²) in [6, 6.07) is 0.518. The van der Waals surface area contributed by atoms with E-state index in [0.717, 1.165) is 18.7 Å². The van der Waals surface area contributed by atoms with Crippen LogP contribution in [0.25, 0.3) is 0 Å². The zero-order valence-corrected chi connectivity index (χ0v) is 6.80. The molecule has 1 heterocycles. The summed E-state index contributed by atoms with van der Waals surface area (Å²) >= 11 is 0. The summed E-state index contributed by atoms with van der Waals surface area (Å²) in [5, 5.41) is 0. The van der Waals surface area contributed by atoms with Crippen LogP contribution in [0, 0.1) is 5.92 Å². The van der Waals surface area contributed by atoms with Gasteiger partial charge in [0.1, 0.15) is 0 Å². The first-order valence-electron chi connectivity index (χ1n) is 4.11. The molecule has 0 saturated carbocycles. The minimum atomic E-state index is 0.518. The van der Waals surface area contributed by atoms with E-state index in [1.165, 1.54) is 6.42 Å². The van der Waals surface area contributed by atoms with Gasteiger partial charge >= 0.3 is 0 Å². The van der Waals surface area contributed by atoms with Gasteiger partial charge in [0, 0.05) is 5.92 Å². The monoisotopic (exact) mass is 140 g/mol. The predicted molar refractivity (Wildman–Crippen MR) is 44.1 cm³/mol. The SMILES string of the molecule is CCC1CC(CC)C(N)=N1. The van der Waals surface area contributed by atoms with Gasteiger partial charge in [-0.15, -0.1) is 0 Å². The standard InChI is InChI=1S/C8H16N2/c1-3-6-5-7(4-2)10-8(6)9/h6-7H,3-5H2,1-2H3,(H2,9,10). The Kier molecular flexibility index (Phi) is 2.30. The molecule has 2 heteroatoms. The predicted octanol–water partition coefficient (Wildman–Crippen LogP) is 1.55. The maximum Gasteiger partial charge on any atom is 0.0972 e. The molecule has 0 spiro atoms. The van der Waals surface area contributed by atoms with E-state index in [1.54, 1.807) is 0 Å². The number of nitrogens with zero attached hydrogens (tertiary/aromatic N) is 1. The Hall–Kier alpha value is -0.530. The normalized spacial score (nSPS) is 32.4. The molecule has 2 N–H and O–H groups in total. The second-order valence-electron chi connectivity index (χ2n) is 2.96. The highest BCUT2D eigenvalue weighted by atomic mass is 14.9. The fourth-order valence-corrected chi connectivity index (χ4v) is 1.45. The van der Waals surface area contributed by atoms with Crippen molar-refractivity contribution in [2.75, 3.05) is 0 Å². The molecule has 0 fully saturated rings. The van der Waals surface area contributed by atoms with E-state index >= 15 is 0 Å². The van der Waals surface area contributed by atoms with Crippen molar-refractivity contribution >= 4 is 5.84 Å². The molecule has 58 valence electrons. The average Bonchev–Trinajstić information content (AvgIpc) is 2.30. The fourth-order valence-electron chi connectivity index (χ4n) is 1.45. The maximum atomic E-state index is 5.71. The lowest BCUT2D eigenvalue weighted by Gasteiger charge is -2.05. The Labute approximate surface area is 62.5 Å². The zero-order chi connectivity index (χ0) is 7.56. The minimum Gasteiger partial charge on any atom is -0.387 e. The number of aliphatic imine (C=N–C) groups is 1. The van der Waals surface area contributed by atoms with E-state index in [-0.39, 0.29) is 0 Å². The van der Waals surface area contributed by atoms with Crippen molar-refractivity contribution in [3.8, 4) is 0 Å². The van der Waals surface area contributed by atoms with Gasteiger partial charge in [-0.05, 0) is 19.3 Å². The van der Waals surface area contributed by atoms with Crippen molar-refractivity contribution in [2.45, 2.75) is 39.2 Å². The van der Waals surface area contributed by atoms with Gasteiger partial charge in [0.15, 0.2) is 0 Å². The zero-order valence-electron chi connectivity index (χ0n) is 6.80. The van der Waals surface area contributed by atoms with Gasteiger partial charge in [0.05, 0.1) is 11.9 Å². The van der Waals surface area contributed by atoms with Crippen LogP contribution in [0.5, 0.6) is 0 Å². The molecule has 0 aliphatic carbocycles.